The number of carbonyl (C=O) groups excluding carboxylic acids is 1. The number of ether oxygens (including phenoxy) is 1. The molecule has 0 unspecified atom stereocenters. The summed E-state index contributed by atoms with van der Waals surface area (Å²) in [5, 5.41) is 15.5. The average molecular weight is 580 g/mol. The van der Waals surface area contributed by atoms with Gasteiger partial charge in [0.05, 0.1) is 9.78 Å². The first-order valence-corrected chi connectivity index (χ1v) is 11.9. The molecule has 0 aliphatic rings. The highest BCUT2D eigenvalue weighted by atomic mass is 127. The maximum absolute atomic E-state index is 13.3. The minimum atomic E-state index is -1.90. The van der Waals surface area contributed by atoms with Crippen LogP contribution in [0, 0.1) is 9.39 Å². The van der Waals surface area contributed by atoms with E-state index in [0.29, 0.717) is 16.9 Å². The predicted octanol–water partition coefficient (Wildman–Crippen LogP) is 5.40. The Morgan fingerprint density at radius 2 is 1.60 bits per heavy atom. The van der Waals surface area contributed by atoms with E-state index < -0.39 is 11.5 Å². The Balaban J connectivity index is 1.46. The van der Waals surface area contributed by atoms with E-state index >= 15 is 0 Å². The quantitative estimate of drug-likeness (QED) is 0.167. The molecule has 0 atom stereocenters. The van der Waals surface area contributed by atoms with E-state index in [0.717, 1.165) is 14.7 Å². The smallest absolute Gasteiger partial charge is 0.281 e. The number of hydrazone groups is 1. The van der Waals surface area contributed by atoms with Crippen molar-refractivity contribution in [2.45, 2.75) is 12.2 Å². The summed E-state index contributed by atoms with van der Waals surface area (Å²) in [5.74, 6) is -0.324. The molecule has 35 heavy (non-hydrogen) atoms. The SMILES string of the molecule is O=C(N/N=C/c1ccc(OCc2cccc(F)c2)c(I)c1)C(O)(c1ccccc1)c1ccccc1. The van der Waals surface area contributed by atoms with Crippen molar-refractivity contribution >= 4 is 34.7 Å². The molecule has 2 N–H and O–H groups in total. The molecule has 0 aromatic heterocycles. The Hall–Kier alpha value is -3.56. The summed E-state index contributed by atoms with van der Waals surface area (Å²) in [4.78, 5) is 13.1. The molecule has 7 heteroatoms. The zero-order valence-corrected chi connectivity index (χ0v) is 20.7. The van der Waals surface area contributed by atoms with Gasteiger partial charge in [-0.15, -0.1) is 0 Å². The number of amides is 1. The largest absolute Gasteiger partial charge is 0.488 e. The summed E-state index contributed by atoms with van der Waals surface area (Å²) in [6, 6.07) is 29.2. The van der Waals surface area contributed by atoms with Crippen LogP contribution in [0.2, 0.25) is 0 Å². The molecule has 4 aromatic carbocycles. The summed E-state index contributed by atoms with van der Waals surface area (Å²) >= 11 is 2.14. The maximum atomic E-state index is 13.3. The summed E-state index contributed by atoms with van der Waals surface area (Å²) in [5.41, 5.74) is 2.91. The molecular weight excluding hydrogens is 558 g/mol. The highest BCUT2D eigenvalue weighted by Crippen LogP contribution is 2.30. The van der Waals surface area contributed by atoms with E-state index in [1.165, 1.54) is 18.3 Å². The number of nitrogens with one attached hydrogen (secondary N) is 1. The highest BCUT2D eigenvalue weighted by molar-refractivity contribution is 14.1. The third-order valence-corrected chi connectivity index (χ3v) is 6.17. The van der Waals surface area contributed by atoms with Gasteiger partial charge in [0.1, 0.15) is 18.2 Å². The third-order valence-electron chi connectivity index (χ3n) is 5.33. The van der Waals surface area contributed by atoms with E-state index in [1.54, 1.807) is 72.8 Å². The lowest BCUT2D eigenvalue weighted by atomic mass is 9.85. The first-order chi connectivity index (χ1) is 17.0. The van der Waals surface area contributed by atoms with E-state index in [1.807, 2.05) is 18.2 Å². The van der Waals surface area contributed by atoms with Gasteiger partial charge in [-0.25, -0.2) is 9.82 Å². The van der Waals surface area contributed by atoms with E-state index in [9.17, 15) is 14.3 Å². The molecule has 0 radical (unpaired) electrons. The van der Waals surface area contributed by atoms with Crippen LogP contribution in [0.15, 0.2) is 108 Å². The molecule has 176 valence electrons. The fourth-order valence-corrected chi connectivity index (χ4v) is 4.23. The molecular formula is C28H22FIN2O3. The van der Waals surface area contributed by atoms with Gasteiger partial charge in [0.25, 0.3) is 5.91 Å². The molecule has 0 fully saturated rings. The van der Waals surface area contributed by atoms with Crippen molar-refractivity contribution in [3.8, 4) is 5.75 Å². The van der Waals surface area contributed by atoms with Gasteiger partial charge >= 0.3 is 0 Å². The first-order valence-electron chi connectivity index (χ1n) is 10.8. The number of carbonyl (C=O) groups is 1. The lowest BCUT2D eigenvalue weighted by Gasteiger charge is -2.27. The first kappa shape index (κ1) is 24.6. The highest BCUT2D eigenvalue weighted by Gasteiger charge is 2.39. The number of hydrogen-bond donors (Lipinski definition) is 2. The number of benzene rings is 4. The van der Waals surface area contributed by atoms with Crippen LogP contribution in [-0.2, 0) is 17.0 Å². The van der Waals surface area contributed by atoms with Crippen molar-refractivity contribution in [3.05, 3.63) is 135 Å². The van der Waals surface area contributed by atoms with Gasteiger partial charge in [-0.2, -0.15) is 5.10 Å². The second kappa shape index (κ2) is 11.2. The van der Waals surface area contributed by atoms with Crippen LogP contribution in [-0.4, -0.2) is 17.2 Å². The molecule has 4 aromatic rings. The Kier molecular flexibility index (Phi) is 7.89. The number of hydrogen-bond acceptors (Lipinski definition) is 4. The molecule has 0 heterocycles. The topological polar surface area (TPSA) is 70.9 Å². The minimum Gasteiger partial charge on any atom is -0.488 e. The minimum absolute atomic E-state index is 0.245. The van der Waals surface area contributed by atoms with Crippen LogP contribution in [0.5, 0.6) is 5.75 Å². The molecule has 0 bridgehead atoms. The zero-order valence-electron chi connectivity index (χ0n) is 18.6. The fourth-order valence-electron chi connectivity index (χ4n) is 3.54. The van der Waals surface area contributed by atoms with Gasteiger partial charge in [0.2, 0.25) is 0 Å². The molecule has 1 amide bonds. The lowest BCUT2D eigenvalue weighted by molar-refractivity contribution is -0.136. The monoisotopic (exact) mass is 580 g/mol. The van der Waals surface area contributed by atoms with Gasteiger partial charge < -0.3 is 9.84 Å². The van der Waals surface area contributed by atoms with Crippen molar-refractivity contribution in [1.29, 1.82) is 0 Å². The molecule has 0 aliphatic heterocycles. The van der Waals surface area contributed by atoms with Crippen molar-refractivity contribution in [3.63, 3.8) is 0 Å². The van der Waals surface area contributed by atoms with E-state index in [-0.39, 0.29) is 12.4 Å². The summed E-state index contributed by atoms with van der Waals surface area (Å²) in [7, 11) is 0. The standard InChI is InChI=1S/C28H22FIN2O3/c29-24-13-7-8-21(16-24)19-35-26-15-14-20(17-25(26)30)18-31-32-27(33)28(34,22-9-3-1-4-10-22)23-11-5-2-6-12-23/h1-18,34H,19H2,(H,32,33)/b31-18+. The normalized spacial score (nSPS) is 11.4. The van der Waals surface area contributed by atoms with Crippen LogP contribution < -0.4 is 10.2 Å². The van der Waals surface area contributed by atoms with Crippen molar-refractivity contribution in [2.24, 2.45) is 5.10 Å². The molecule has 0 spiro atoms. The number of rotatable bonds is 8. The summed E-state index contributed by atoms with van der Waals surface area (Å²) in [6.07, 6.45) is 1.49. The van der Waals surface area contributed by atoms with Crippen LogP contribution in [0.1, 0.15) is 22.3 Å². The lowest BCUT2D eigenvalue weighted by Crippen LogP contribution is -2.43. The van der Waals surface area contributed by atoms with Crippen molar-refractivity contribution in [2.75, 3.05) is 0 Å². The molecule has 5 nitrogen and oxygen atoms in total. The van der Waals surface area contributed by atoms with E-state index in [2.05, 4.69) is 33.1 Å². The predicted molar refractivity (Wildman–Crippen MR) is 142 cm³/mol. The summed E-state index contributed by atoms with van der Waals surface area (Å²) < 4.78 is 20.0. The van der Waals surface area contributed by atoms with E-state index in [4.69, 9.17) is 4.74 Å². The van der Waals surface area contributed by atoms with Gasteiger partial charge in [-0.05, 0) is 75.2 Å². The molecule has 4 rings (SSSR count). The van der Waals surface area contributed by atoms with Gasteiger partial charge in [0, 0.05) is 0 Å². The summed E-state index contributed by atoms with van der Waals surface area (Å²) in [6.45, 7) is 0.245. The Labute approximate surface area is 216 Å². The Morgan fingerprint density at radius 3 is 2.20 bits per heavy atom. The third kappa shape index (κ3) is 5.93. The maximum Gasteiger partial charge on any atom is 0.281 e. The van der Waals surface area contributed by atoms with Gasteiger partial charge in [-0.1, -0.05) is 72.8 Å². The number of nitrogens with zero attached hydrogens (tertiary/aromatic N) is 1. The number of aliphatic hydroxyl groups is 1. The Bertz CT molecular complexity index is 1290. The van der Waals surface area contributed by atoms with Crippen molar-refractivity contribution in [1.82, 2.24) is 5.43 Å². The molecule has 0 saturated heterocycles. The molecule has 0 saturated carbocycles. The fraction of sp³-hybridized carbons (Fsp3) is 0.0714. The van der Waals surface area contributed by atoms with Crippen LogP contribution >= 0.6 is 22.6 Å². The second-order valence-corrected chi connectivity index (χ2v) is 8.91. The zero-order chi connectivity index (χ0) is 24.7. The van der Waals surface area contributed by atoms with Gasteiger partial charge in [-0.3, -0.25) is 4.79 Å². The van der Waals surface area contributed by atoms with Crippen LogP contribution in [0.3, 0.4) is 0 Å². The van der Waals surface area contributed by atoms with Gasteiger partial charge in [0.15, 0.2) is 5.60 Å². The van der Waals surface area contributed by atoms with Crippen LogP contribution in [0.25, 0.3) is 0 Å². The second-order valence-electron chi connectivity index (χ2n) is 7.75. The Morgan fingerprint density at radius 1 is 0.943 bits per heavy atom. The van der Waals surface area contributed by atoms with Crippen molar-refractivity contribution < 1.29 is 19.0 Å². The average Bonchev–Trinajstić information content (AvgIpc) is 2.88. The molecule has 0 aliphatic carbocycles. The number of halogens is 2. The van der Waals surface area contributed by atoms with Crippen LogP contribution in [0.4, 0.5) is 4.39 Å².